The fraction of sp³-hybridized carbons (Fsp3) is 0.550. The zero-order valence-corrected chi connectivity index (χ0v) is 14.8. The van der Waals surface area contributed by atoms with Gasteiger partial charge in [0.15, 0.2) is 17.3 Å². The number of carbonyl (C=O) groups is 1. The third-order valence-corrected chi connectivity index (χ3v) is 6.00. The van der Waals surface area contributed by atoms with Gasteiger partial charge in [-0.2, -0.15) is 0 Å². The van der Waals surface area contributed by atoms with E-state index in [0.29, 0.717) is 16.7 Å². The van der Waals surface area contributed by atoms with Crippen LogP contribution >= 0.6 is 0 Å². The van der Waals surface area contributed by atoms with Crippen LogP contribution in [0.1, 0.15) is 74.4 Å². The third-order valence-electron chi connectivity index (χ3n) is 6.00. The van der Waals surface area contributed by atoms with Crippen molar-refractivity contribution in [1.29, 1.82) is 0 Å². The zero-order chi connectivity index (χ0) is 17.9. The molecule has 0 spiro atoms. The second kappa shape index (κ2) is 5.35. The molecule has 4 nitrogen and oxygen atoms in total. The van der Waals surface area contributed by atoms with Gasteiger partial charge in [-0.25, -0.2) is 0 Å². The average molecular weight is 330 g/mol. The van der Waals surface area contributed by atoms with Crippen LogP contribution in [-0.2, 0) is 5.41 Å². The molecule has 0 unspecified atom stereocenters. The number of fused-ring (bicyclic) bond motifs is 3. The lowest BCUT2D eigenvalue weighted by molar-refractivity contribution is 0.102. The minimum Gasteiger partial charge on any atom is -0.504 e. The summed E-state index contributed by atoms with van der Waals surface area (Å²) in [6, 6.07) is 1.65. The summed E-state index contributed by atoms with van der Waals surface area (Å²) in [5.41, 5.74) is 1.88. The summed E-state index contributed by atoms with van der Waals surface area (Å²) in [6.45, 7) is 7.91. The highest BCUT2D eigenvalue weighted by Crippen LogP contribution is 2.58. The van der Waals surface area contributed by atoms with E-state index in [1.165, 1.54) is 0 Å². The number of carbonyl (C=O) groups excluding carboxylic acids is 1. The topological polar surface area (TPSA) is 77.8 Å². The molecule has 0 heterocycles. The molecule has 2 atom stereocenters. The summed E-state index contributed by atoms with van der Waals surface area (Å²) in [5, 5.41) is 30.6. The van der Waals surface area contributed by atoms with E-state index >= 15 is 0 Å². The van der Waals surface area contributed by atoms with Gasteiger partial charge >= 0.3 is 0 Å². The van der Waals surface area contributed by atoms with Crippen molar-refractivity contribution >= 4 is 5.78 Å². The number of aliphatic hydroxyl groups is 1. The number of aromatic hydroxyl groups is 2. The van der Waals surface area contributed by atoms with Crippen LogP contribution in [0, 0.1) is 5.41 Å². The lowest BCUT2D eigenvalue weighted by Gasteiger charge is -2.48. The predicted octanol–water partition coefficient (Wildman–Crippen LogP) is 3.78. The number of hydrogen-bond acceptors (Lipinski definition) is 4. The number of ketones is 1. The van der Waals surface area contributed by atoms with E-state index in [-0.39, 0.29) is 35.2 Å². The molecule has 1 saturated carbocycles. The van der Waals surface area contributed by atoms with Crippen LogP contribution in [0.4, 0.5) is 0 Å². The van der Waals surface area contributed by atoms with E-state index in [1.807, 2.05) is 0 Å². The largest absolute Gasteiger partial charge is 0.504 e. The molecule has 0 amide bonds. The predicted molar refractivity (Wildman–Crippen MR) is 92.7 cm³/mol. The van der Waals surface area contributed by atoms with Crippen molar-refractivity contribution < 1.29 is 20.1 Å². The summed E-state index contributed by atoms with van der Waals surface area (Å²) >= 11 is 0. The molecule has 4 heteroatoms. The molecule has 1 aromatic rings. The van der Waals surface area contributed by atoms with Crippen molar-refractivity contribution in [3.8, 4) is 11.5 Å². The minimum atomic E-state index is -0.451. The second-order valence-corrected chi connectivity index (χ2v) is 8.16. The fourth-order valence-corrected chi connectivity index (χ4v) is 4.63. The Morgan fingerprint density at radius 1 is 1.17 bits per heavy atom. The summed E-state index contributed by atoms with van der Waals surface area (Å²) in [4.78, 5) is 12.8. The second-order valence-electron chi connectivity index (χ2n) is 8.16. The van der Waals surface area contributed by atoms with Crippen LogP contribution in [0.15, 0.2) is 17.7 Å². The molecule has 1 aromatic carbocycles. The summed E-state index contributed by atoms with van der Waals surface area (Å²) in [6.07, 6.45) is 4.57. The number of benzene rings is 1. The SMILES string of the molecule is C[C@H](CO)c1cc2c(c(O)c1O)[C@@]1(C)CCCC(C)(C)C1=CC2=O. The molecule has 0 radical (unpaired) electrons. The van der Waals surface area contributed by atoms with Crippen molar-refractivity contribution in [1.82, 2.24) is 0 Å². The lowest BCUT2D eigenvalue weighted by Crippen LogP contribution is -2.41. The molecule has 2 aliphatic carbocycles. The molecule has 3 N–H and O–H groups in total. The molecule has 0 saturated heterocycles. The Balaban J connectivity index is 2.30. The molecule has 0 bridgehead atoms. The van der Waals surface area contributed by atoms with Gasteiger partial charge in [-0.3, -0.25) is 4.79 Å². The summed E-state index contributed by atoms with van der Waals surface area (Å²) in [5.74, 6) is -0.903. The van der Waals surface area contributed by atoms with Crippen molar-refractivity contribution in [3.63, 3.8) is 0 Å². The summed E-state index contributed by atoms with van der Waals surface area (Å²) in [7, 11) is 0. The Morgan fingerprint density at radius 3 is 2.46 bits per heavy atom. The van der Waals surface area contributed by atoms with Crippen LogP contribution in [-0.4, -0.2) is 27.7 Å². The molecule has 130 valence electrons. The monoisotopic (exact) mass is 330 g/mol. The highest BCUT2D eigenvalue weighted by atomic mass is 16.3. The van der Waals surface area contributed by atoms with Crippen molar-refractivity contribution in [2.24, 2.45) is 5.41 Å². The first-order valence-corrected chi connectivity index (χ1v) is 8.60. The summed E-state index contributed by atoms with van der Waals surface area (Å²) < 4.78 is 0. The molecule has 2 aliphatic rings. The maximum absolute atomic E-state index is 12.8. The molecule has 0 aromatic heterocycles. The first kappa shape index (κ1) is 17.0. The smallest absolute Gasteiger partial charge is 0.186 e. The lowest BCUT2D eigenvalue weighted by atomic mass is 9.55. The van der Waals surface area contributed by atoms with Crippen LogP contribution in [0.2, 0.25) is 0 Å². The average Bonchev–Trinajstić information content (AvgIpc) is 2.51. The van der Waals surface area contributed by atoms with Gasteiger partial charge in [0.2, 0.25) is 0 Å². The number of rotatable bonds is 2. The van der Waals surface area contributed by atoms with E-state index in [9.17, 15) is 20.1 Å². The van der Waals surface area contributed by atoms with Gasteiger partial charge in [-0.15, -0.1) is 0 Å². The maximum atomic E-state index is 12.8. The molecular weight excluding hydrogens is 304 g/mol. The van der Waals surface area contributed by atoms with E-state index < -0.39 is 5.41 Å². The molecule has 24 heavy (non-hydrogen) atoms. The number of hydrogen-bond donors (Lipinski definition) is 3. The van der Waals surface area contributed by atoms with Crippen LogP contribution < -0.4 is 0 Å². The fourth-order valence-electron chi connectivity index (χ4n) is 4.63. The maximum Gasteiger partial charge on any atom is 0.186 e. The van der Waals surface area contributed by atoms with Gasteiger partial charge in [0.1, 0.15) is 0 Å². The van der Waals surface area contributed by atoms with Crippen LogP contribution in [0.3, 0.4) is 0 Å². The van der Waals surface area contributed by atoms with Gasteiger partial charge in [0.05, 0.1) is 0 Å². The first-order valence-electron chi connectivity index (χ1n) is 8.60. The van der Waals surface area contributed by atoms with E-state index in [0.717, 1.165) is 24.8 Å². The van der Waals surface area contributed by atoms with E-state index in [1.54, 1.807) is 19.1 Å². The molecule has 1 fully saturated rings. The Morgan fingerprint density at radius 2 is 1.83 bits per heavy atom. The first-order chi connectivity index (χ1) is 11.1. The number of phenols is 2. The standard InChI is InChI=1S/C20H26O4/c1-11(10-21)12-8-13-14(22)9-15-19(2,3)6-5-7-20(15,4)16(13)18(24)17(12)23/h8-9,11,21,23-24H,5-7,10H2,1-4H3/t11-,20+/m1/s1. The van der Waals surface area contributed by atoms with Gasteiger partial charge in [-0.1, -0.05) is 39.7 Å². The van der Waals surface area contributed by atoms with Crippen molar-refractivity contribution in [2.45, 2.75) is 58.3 Å². The van der Waals surface area contributed by atoms with Crippen molar-refractivity contribution in [3.05, 3.63) is 34.4 Å². The Hall–Kier alpha value is -1.81. The zero-order valence-electron chi connectivity index (χ0n) is 14.8. The number of allylic oxidation sites excluding steroid dienone is 2. The van der Waals surface area contributed by atoms with Gasteiger partial charge < -0.3 is 15.3 Å². The Kier molecular flexibility index (Phi) is 3.79. The number of phenolic OH excluding ortho intramolecular Hbond substituents is 2. The third kappa shape index (κ3) is 2.20. The van der Waals surface area contributed by atoms with E-state index in [2.05, 4.69) is 20.8 Å². The normalized spacial score (nSPS) is 26.4. The van der Waals surface area contributed by atoms with Gasteiger partial charge in [0, 0.05) is 34.6 Å². The Labute approximate surface area is 142 Å². The molecule has 3 rings (SSSR count). The Bertz CT molecular complexity index is 744. The van der Waals surface area contributed by atoms with Crippen LogP contribution in [0.25, 0.3) is 0 Å². The van der Waals surface area contributed by atoms with Crippen LogP contribution in [0.5, 0.6) is 11.5 Å². The van der Waals surface area contributed by atoms with E-state index in [4.69, 9.17) is 0 Å². The molecular formula is C20H26O4. The van der Waals surface area contributed by atoms with Gasteiger partial charge in [-0.05, 0) is 30.4 Å². The highest BCUT2D eigenvalue weighted by molar-refractivity contribution is 6.09. The molecule has 0 aliphatic heterocycles. The minimum absolute atomic E-state index is 0.112. The quantitative estimate of drug-likeness (QED) is 0.721. The van der Waals surface area contributed by atoms with Crippen molar-refractivity contribution in [2.75, 3.05) is 6.61 Å². The number of aliphatic hydroxyl groups excluding tert-OH is 1. The van der Waals surface area contributed by atoms with Gasteiger partial charge in [0.25, 0.3) is 0 Å². The highest BCUT2D eigenvalue weighted by Gasteiger charge is 2.48.